The van der Waals surface area contributed by atoms with E-state index in [1.54, 1.807) is 19.2 Å². The van der Waals surface area contributed by atoms with Crippen LogP contribution in [-0.4, -0.2) is 18.2 Å². The molecule has 110 valence electrons. The smallest absolute Gasteiger partial charge is 0.335 e. The van der Waals surface area contributed by atoms with Crippen LogP contribution in [0.4, 0.5) is 0 Å². The number of carbonyl (C=O) groups is 1. The van der Waals surface area contributed by atoms with E-state index in [-0.39, 0.29) is 0 Å². The van der Waals surface area contributed by atoms with Gasteiger partial charge in [-0.1, -0.05) is 26.0 Å². The zero-order valence-electron chi connectivity index (χ0n) is 12.8. The highest BCUT2D eigenvalue weighted by Gasteiger charge is 2.12. The van der Waals surface area contributed by atoms with E-state index >= 15 is 0 Å². The normalized spacial score (nSPS) is 10.7. The third-order valence-corrected chi connectivity index (χ3v) is 3.64. The van der Waals surface area contributed by atoms with Crippen LogP contribution >= 0.6 is 0 Å². The van der Waals surface area contributed by atoms with Gasteiger partial charge in [0.25, 0.3) is 0 Å². The lowest BCUT2D eigenvalue weighted by molar-refractivity contribution is 0.0697. The Bertz CT molecular complexity index is 655. The number of carboxylic acids is 1. The number of carboxylic acid groups (broad SMARTS) is 1. The molecule has 0 saturated carbocycles. The third-order valence-electron chi connectivity index (χ3n) is 3.64. The quantitative estimate of drug-likeness (QED) is 0.899. The molecule has 0 bridgehead atoms. The van der Waals surface area contributed by atoms with Gasteiger partial charge in [0.1, 0.15) is 5.75 Å². The fourth-order valence-electron chi connectivity index (χ4n) is 2.43. The second-order valence-corrected chi connectivity index (χ2v) is 5.45. The Hall–Kier alpha value is -2.29. The van der Waals surface area contributed by atoms with Crippen molar-refractivity contribution in [2.45, 2.75) is 26.7 Å². The van der Waals surface area contributed by atoms with E-state index in [0.29, 0.717) is 11.5 Å². The van der Waals surface area contributed by atoms with Crippen molar-refractivity contribution >= 4 is 5.97 Å². The van der Waals surface area contributed by atoms with Crippen molar-refractivity contribution in [3.05, 3.63) is 53.1 Å². The number of rotatable bonds is 4. The lowest BCUT2D eigenvalue weighted by Gasteiger charge is -2.16. The lowest BCUT2D eigenvalue weighted by Crippen LogP contribution is -1.98. The lowest BCUT2D eigenvalue weighted by atomic mass is 9.92. The largest absolute Gasteiger partial charge is 0.496 e. The highest BCUT2D eigenvalue weighted by molar-refractivity contribution is 5.88. The topological polar surface area (TPSA) is 46.5 Å². The molecule has 0 unspecified atom stereocenters. The van der Waals surface area contributed by atoms with E-state index in [4.69, 9.17) is 9.84 Å². The van der Waals surface area contributed by atoms with Crippen LogP contribution in [0.15, 0.2) is 36.4 Å². The van der Waals surface area contributed by atoms with Gasteiger partial charge in [0.05, 0.1) is 12.7 Å². The molecule has 3 nitrogen and oxygen atoms in total. The van der Waals surface area contributed by atoms with E-state index in [2.05, 4.69) is 19.9 Å². The number of aromatic carboxylic acids is 1. The van der Waals surface area contributed by atoms with Gasteiger partial charge in [-0.15, -0.1) is 0 Å². The van der Waals surface area contributed by atoms with E-state index in [1.807, 2.05) is 25.1 Å². The van der Waals surface area contributed by atoms with Crippen LogP contribution in [0.1, 0.15) is 41.3 Å². The molecule has 0 atom stereocenters. The molecular formula is C18H20O3. The summed E-state index contributed by atoms with van der Waals surface area (Å²) in [6.07, 6.45) is 0. The Morgan fingerprint density at radius 2 is 1.76 bits per heavy atom. The summed E-state index contributed by atoms with van der Waals surface area (Å²) < 4.78 is 5.45. The van der Waals surface area contributed by atoms with Gasteiger partial charge >= 0.3 is 5.97 Å². The Balaban J connectivity index is 2.52. The fourth-order valence-corrected chi connectivity index (χ4v) is 2.43. The summed E-state index contributed by atoms with van der Waals surface area (Å²) in [5.74, 6) is 0.349. The van der Waals surface area contributed by atoms with E-state index in [9.17, 15) is 4.79 Å². The molecule has 1 N–H and O–H groups in total. The predicted octanol–water partition coefficient (Wildman–Crippen LogP) is 4.49. The van der Waals surface area contributed by atoms with Crippen molar-refractivity contribution in [2.24, 2.45) is 0 Å². The maximum atomic E-state index is 10.9. The number of methoxy groups -OCH3 is 1. The first kappa shape index (κ1) is 15.1. The predicted molar refractivity (Wildman–Crippen MR) is 84.2 cm³/mol. The molecule has 0 aliphatic rings. The first-order valence-electron chi connectivity index (χ1n) is 6.96. The monoisotopic (exact) mass is 284 g/mol. The van der Waals surface area contributed by atoms with Crippen LogP contribution in [0.5, 0.6) is 5.75 Å². The summed E-state index contributed by atoms with van der Waals surface area (Å²) in [5, 5.41) is 8.97. The summed E-state index contributed by atoms with van der Waals surface area (Å²) in [6, 6.07) is 11.1. The summed E-state index contributed by atoms with van der Waals surface area (Å²) in [6.45, 7) is 6.29. The molecular weight excluding hydrogens is 264 g/mol. The molecule has 2 aromatic rings. The van der Waals surface area contributed by atoms with Crippen LogP contribution in [0, 0.1) is 6.92 Å². The molecule has 0 aromatic heterocycles. The number of hydrogen-bond donors (Lipinski definition) is 1. The first-order chi connectivity index (χ1) is 9.93. The molecule has 2 aromatic carbocycles. The van der Waals surface area contributed by atoms with Gasteiger partial charge in [0, 0.05) is 0 Å². The SMILES string of the molecule is COc1cc(C)c(-c2ccc(C(=O)O)cc2)cc1C(C)C. The van der Waals surface area contributed by atoms with Crippen molar-refractivity contribution in [2.75, 3.05) is 7.11 Å². The minimum absolute atomic E-state index is 0.300. The molecule has 0 spiro atoms. The van der Waals surface area contributed by atoms with Crippen LogP contribution in [0.3, 0.4) is 0 Å². The summed E-state index contributed by atoms with van der Waals surface area (Å²) in [7, 11) is 1.68. The molecule has 0 amide bonds. The van der Waals surface area contributed by atoms with Crippen molar-refractivity contribution in [1.82, 2.24) is 0 Å². The average Bonchev–Trinajstić information content (AvgIpc) is 2.46. The Labute approximate surface area is 125 Å². The molecule has 0 heterocycles. The van der Waals surface area contributed by atoms with Gasteiger partial charge in [-0.05, 0) is 59.4 Å². The number of ether oxygens (including phenoxy) is 1. The van der Waals surface area contributed by atoms with Crippen molar-refractivity contribution in [3.8, 4) is 16.9 Å². The van der Waals surface area contributed by atoms with Crippen molar-refractivity contribution in [1.29, 1.82) is 0 Å². The third kappa shape index (κ3) is 3.07. The Morgan fingerprint density at radius 1 is 1.14 bits per heavy atom. The number of hydrogen-bond acceptors (Lipinski definition) is 2. The second-order valence-electron chi connectivity index (χ2n) is 5.45. The van der Waals surface area contributed by atoms with Crippen LogP contribution < -0.4 is 4.74 Å². The van der Waals surface area contributed by atoms with Crippen LogP contribution in [0.25, 0.3) is 11.1 Å². The minimum Gasteiger partial charge on any atom is -0.496 e. The van der Waals surface area contributed by atoms with Gasteiger partial charge in [-0.2, -0.15) is 0 Å². The van der Waals surface area contributed by atoms with Gasteiger partial charge in [-0.3, -0.25) is 0 Å². The van der Waals surface area contributed by atoms with E-state index in [0.717, 1.165) is 28.0 Å². The molecule has 3 heteroatoms. The second kappa shape index (κ2) is 6.00. The zero-order valence-corrected chi connectivity index (χ0v) is 12.8. The average molecular weight is 284 g/mol. The van der Waals surface area contributed by atoms with E-state index in [1.165, 1.54) is 0 Å². The molecule has 0 fully saturated rings. The van der Waals surface area contributed by atoms with Crippen LogP contribution in [0.2, 0.25) is 0 Å². The van der Waals surface area contributed by atoms with Crippen molar-refractivity contribution in [3.63, 3.8) is 0 Å². The number of aryl methyl sites for hydroxylation is 1. The van der Waals surface area contributed by atoms with Gasteiger partial charge in [0.15, 0.2) is 0 Å². The zero-order chi connectivity index (χ0) is 15.6. The van der Waals surface area contributed by atoms with Crippen LogP contribution in [-0.2, 0) is 0 Å². The highest BCUT2D eigenvalue weighted by Crippen LogP contribution is 2.34. The fraction of sp³-hybridized carbons (Fsp3) is 0.278. The maximum Gasteiger partial charge on any atom is 0.335 e. The minimum atomic E-state index is -0.907. The summed E-state index contributed by atoms with van der Waals surface area (Å²) in [4.78, 5) is 10.9. The molecule has 0 aliphatic heterocycles. The van der Waals surface area contributed by atoms with Gasteiger partial charge < -0.3 is 9.84 Å². The summed E-state index contributed by atoms with van der Waals surface area (Å²) >= 11 is 0. The first-order valence-corrected chi connectivity index (χ1v) is 6.96. The Morgan fingerprint density at radius 3 is 2.24 bits per heavy atom. The number of benzene rings is 2. The van der Waals surface area contributed by atoms with Gasteiger partial charge in [0.2, 0.25) is 0 Å². The van der Waals surface area contributed by atoms with Crippen molar-refractivity contribution < 1.29 is 14.6 Å². The molecule has 0 saturated heterocycles. The maximum absolute atomic E-state index is 10.9. The molecule has 0 aliphatic carbocycles. The molecule has 21 heavy (non-hydrogen) atoms. The Kier molecular flexibility index (Phi) is 4.32. The standard InChI is InChI=1S/C18H20O3/c1-11(2)15-10-16(12(3)9-17(15)21-4)13-5-7-14(8-6-13)18(19)20/h5-11H,1-4H3,(H,19,20). The van der Waals surface area contributed by atoms with Gasteiger partial charge in [-0.25, -0.2) is 4.79 Å². The molecule has 2 rings (SSSR count). The molecule has 0 radical (unpaired) electrons. The van der Waals surface area contributed by atoms with E-state index < -0.39 is 5.97 Å². The highest BCUT2D eigenvalue weighted by atomic mass is 16.5. The summed E-state index contributed by atoms with van der Waals surface area (Å²) in [5.41, 5.74) is 4.69.